The third kappa shape index (κ3) is 4.07. The van der Waals surface area contributed by atoms with Gasteiger partial charge in [-0.2, -0.15) is 0 Å². The van der Waals surface area contributed by atoms with E-state index in [1.807, 2.05) is 13.8 Å². The second kappa shape index (κ2) is 6.90. The Morgan fingerprint density at radius 2 is 1.84 bits per heavy atom. The van der Waals surface area contributed by atoms with Crippen LogP contribution in [0.2, 0.25) is 10.0 Å². The van der Waals surface area contributed by atoms with E-state index in [0.29, 0.717) is 18.4 Å². The predicted molar refractivity (Wildman–Crippen MR) is 77.1 cm³/mol. The molecular weight excluding hydrogens is 309 g/mol. The maximum Gasteiger partial charge on any atom is 0.242 e. The van der Waals surface area contributed by atoms with E-state index in [-0.39, 0.29) is 27.6 Å². The summed E-state index contributed by atoms with van der Waals surface area (Å²) in [5, 5.41) is 9.37. The molecule has 7 heteroatoms. The average Bonchev–Trinajstić information content (AvgIpc) is 2.38. The van der Waals surface area contributed by atoms with Crippen molar-refractivity contribution in [3.05, 3.63) is 27.7 Å². The first-order valence-corrected chi connectivity index (χ1v) is 8.20. The first kappa shape index (κ1) is 16.7. The molecule has 0 amide bonds. The summed E-state index contributed by atoms with van der Waals surface area (Å²) in [4.78, 5) is -0.0994. The van der Waals surface area contributed by atoms with Gasteiger partial charge in [0.2, 0.25) is 10.0 Å². The Morgan fingerprint density at radius 3 is 2.32 bits per heavy atom. The Bertz CT molecular complexity index is 542. The highest BCUT2D eigenvalue weighted by Crippen LogP contribution is 2.29. The fourth-order valence-corrected chi connectivity index (χ4v) is 3.99. The summed E-state index contributed by atoms with van der Waals surface area (Å²) in [6.45, 7) is 3.43. The van der Waals surface area contributed by atoms with Gasteiger partial charge in [-0.3, -0.25) is 0 Å². The van der Waals surface area contributed by atoms with Crippen molar-refractivity contribution in [3.63, 3.8) is 0 Å². The van der Waals surface area contributed by atoms with Crippen LogP contribution in [0.3, 0.4) is 0 Å². The molecule has 4 nitrogen and oxygen atoms in total. The molecule has 0 atom stereocenters. The largest absolute Gasteiger partial charge is 0.392 e. The maximum atomic E-state index is 12.3. The molecule has 0 aromatic heterocycles. The van der Waals surface area contributed by atoms with E-state index in [9.17, 15) is 8.42 Å². The monoisotopic (exact) mass is 325 g/mol. The molecule has 0 aliphatic heterocycles. The van der Waals surface area contributed by atoms with E-state index in [1.165, 1.54) is 12.1 Å². The third-order valence-corrected chi connectivity index (χ3v) is 5.17. The standard InChI is InChI=1S/C12H17Cl2NO3S/c1-3-10(4-2)15-19(17,18)11-6-9(13)5-8(7-16)12(11)14/h5-6,10,15-16H,3-4,7H2,1-2H3. The van der Waals surface area contributed by atoms with Crippen molar-refractivity contribution < 1.29 is 13.5 Å². The van der Waals surface area contributed by atoms with Crippen LogP contribution in [0.1, 0.15) is 32.3 Å². The van der Waals surface area contributed by atoms with Crippen LogP contribution >= 0.6 is 23.2 Å². The van der Waals surface area contributed by atoms with Gasteiger partial charge in [0.25, 0.3) is 0 Å². The molecular formula is C12H17Cl2NO3S. The van der Waals surface area contributed by atoms with Crippen molar-refractivity contribution in [2.75, 3.05) is 0 Å². The zero-order chi connectivity index (χ0) is 14.6. The Hall–Kier alpha value is -0.330. The first-order valence-electron chi connectivity index (χ1n) is 5.96. The van der Waals surface area contributed by atoms with Crippen LogP contribution in [0.15, 0.2) is 17.0 Å². The minimum atomic E-state index is -3.75. The Morgan fingerprint density at radius 1 is 1.26 bits per heavy atom. The molecule has 0 saturated carbocycles. The molecule has 0 fully saturated rings. The zero-order valence-corrected chi connectivity index (χ0v) is 13.1. The van der Waals surface area contributed by atoms with Crippen LogP contribution in [0, 0.1) is 0 Å². The lowest BCUT2D eigenvalue weighted by Gasteiger charge is -2.16. The smallest absolute Gasteiger partial charge is 0.242 e. The first-order chi connectivity index (χ1) is 8.85. The lowest BCUT2D eigenvalue weighted by molar-refractivity contribution is 0.281. The summed E-state index contributed by atoms with van der Waals surface area (Å²) in [6, 6.07) is 2.57. The molecule has 19 heavy (non-hydrogen) atoms. The van der Waals surface area contributed by atoms with Crippen LogP contribution in [0.4, 0.5) is 0 Å². The molecule has 0 aliphatic rings. The molecule has 0 heterocycles. The van der Waals surface area contributed by atoms with E-state index < -0.39 is 10.0 Å². The number of benzene rings is 1. The van der Waals surface area contributed by atoms with E-state index in [4.69, 9.17) is 28.3 Å². The van der Waals surface area contributed by atoms with Gasteiger partial charge in [-0.05, 0) is 30.5 Å². The second-order valence-corrected chi connectivity index (χ2v) is 6.67. The van der Waals surface area contributed by atoms with Crippen LogP contribution in [-0.4, -0.2) is 19.6 Å². The SMILES string of the molecule is CCC(CC)NS(=O)(=O)c1cc(Cl)cc(CO)c1Cl. The lowest BCUT2D eigenvalue weighted by atomic mass is 10.2. The molecule has 0 spiro atoms. The number of rotatable bonds is 6. The molecule has 1 aromatic carbocycles. The average molecular weight is 326 g/mol. The summed E-state index contributed by atoms with van der Waals surface area (Å²) in [6.07, 6.45) is 1.36. The fraction of sp³-hybridized carbons (Fsp3) is 0.500. The Labute approximate surface area is 123 Å². The second-order valence-electron chi connectivity index (χ2n) is 4.17. The number of hydrogen-bond acceptors (Lipinski definition) is 3. The molecule has 0 unspecified atom stereocenters. The van der Waals surface area contributed by atoms with E-state index in [0.717, 1.165) is 0 Å². The topological polar surface area (TPSA) is 66.4 Å². The molecule has 1 rings (SSSR count). The van der Waals surface area contributed by atoms with Crippen LogP contribution in [-0.2, 0) is 16.6 Å². The summed E-state index contributed by atoms with van der Waals surface area (Å²) < 4.78 is 27.1. The van der Waals surface area contributed by atoms with Gasteiger partial charge in [0.15, 0.2) is 0 Å². The number of sulfonamides is 1. The predicted octanol–water partition coefficient (Wildman–Crippen LogP) is 2.95. The number of hydrogen-bond donors (Lipinski definition) is 2. The zero-order valence-electron chi connectivity index (χ0n) is 10.8. The number of aliphatic hydroxyl groups is 1. The number of aliphatic hydroxyl groups excluding tert-OH is 1. The van der Waals surface area contributed by atoms with E-state index >= 15 is 0 Å². The fourth-order valence-electron chi connectivity index (χ4n) is 1.67. The van der Waals surface area contributed by atoms with E-state index in [1.54, 1.807) is 0 Å². The molecule has 0 bridgehead atoms. The van der Waals surface area contributed by atoms with E-state index in [2.05, 4.69) is 4.72 Å². The van der Waals surface area contributed by atoms with Crippen molar-refractivity contribution in [2.24, 2.45) is 0 Å². The van der Waals surface area contributed by atoms with Crippen molar-refractivity contribution in [3.8, 4) is 0 Å². The summed E-state index contributed by atoms with van der Waals surface area (Å²) in [5.74, 6) is 0. The van der Waals surface area contributed by atoms with Crippen LogP contribution < -0.4 is 4.72 Å². The minimum Gasteiger partial charge on any atom is -0.392 e. The molecule has 0 saturated heterocycles. The van der Waals surface area contributed by atoms with Gasteiger partial charge in [-0.1, -0.05) is 37.0 Å². The highest BCUT2D eigenvalue weighted by molar-refractivity contribution is 7.89. The minimum absolute atomic E-state index is 0.00496. The van der Waals surface area contributed by atoms with Crippen LogP contribution in [0.25, 0.3) is 0 Å². The molecule has 1 aromatic rings. The quantitative estimate of drug-likeness (QED) is 0.845. The molecule has 0 aliphatic carbocycles. The van der Waals surface area contributed by atoms with Gasteiger partial charge < -0.3 is 5.11 Å². The van der Waals surface area contributed by atoms with Gasteiger partial charge >= 0.3 is 0 Å². The van der Waals surface area contributed by atoms with Crippen LogP contribution in [0.5, 0.6) is 0 Å². The van der Waals surface area contributed by atoms with Gasteiger partial charge in [-0.15, -0.1) is 0 Å². The van der Waals surface area contributed by atoms with Gasteiger partial charge in [-0.25, -0.2) is 13.1 Å². The van der Waals surface area contributed by atoms with Crippen molar-refractivity contribution in [1.29, 1.82) is 0 Å². The van der Waals surface area contributed by atoms with Crippen molar-refractivity contribution in [1.82, 2.24) is 4.72 Å². The normalized spacial score (nSPS) is 12.1. The molecule has 2 N–H and O–H groups in total. The highest BCUT2D eigenvalue weighted by Gasteiger charge is 2.23. The van der Waals surface area contributed by atoms with Gasteiger partial charge in [0, 0.05) is 11.1 Å². The summed E-state index contributed by atoms with van der Waals surface area (Å²) in [5.41, 5.74) is 0.291. The van der Waals surface area contributed by atoms with Gasteiger partial charge in [0.05, 0.1) is 11.6 Å². The lowest BCUT2D eigenvalue weighted by Crippen LogP contribution is -2.34. The number of halogens is 2. The summed E-state index contributed by atoms with van der Waals surface area (Å²) >= 11 is 11.8. The highest BCUT2D eigenvalue weighted by atomic mass is 35.5. The van der Waals surface area contributed by atoms with Gasteiger partial charge in [0.1, 0.15) is 4.90 Å². The van der Waals surface area contributed by atoms with Crippen molar-refractivity contribution >= 4 is 33.2 Å². The Balaban J connectivity index is 3.25. The Kier molecular flexibility index (Phi) is 6.08. The molecule has 108 valence electrons. The third-order valence-electron chi connectivity index (χ3n) is 2.85. The number of nitrogens with one attached hydrogen (secondary N) is 1. The summed E-state index contributed by atoms with van der Waals surface area (Å²) in [7, 11) is -3.75. The molecule has 0 radical (unpaired) electrons. The maximum absolute atomic E-state index is 12.3. The van der Waals surface area contributed by atoms with Crippen molar-refractivity contribution in [2.45, 2.75) is 44.2 Å².